The average Bonchev–Trinajstić information content (AvgIpc) is 2.47. The van der Waals surface area contributed by atoms with Crippen molar-refractivity contribution in [1.29, 1.82) is 0 Å². The highest BCUT2D eigenvalue weighted by molar-refractivity contribution is 5.94. The largest absolute Gasteiger partial charge is 0.481 e. The van der Waals surface area contributed by atoms with Crippen molar-refractivity contribution < 1.29 is 13.9 Å². The molecule has 0 aliphatic heterocycles. The van der Waals surface area contributed by atoms with Crippen LogP contribution in [0.3, 0.4) is 0 Å². The molecular formula is C15H15FN2O2. The predicted octanol–water partition coefficient (Wildman–Crippen LogP) is 2.47. The number of aryl methyl sites for hydroxylation is 1. The summed E-state index contributed by atoms with van der Waals surface area (Å²) in [6, 6.07) is 7.92. The molecular weight excluding hydrogens is 259 g/mol. The first-order chi connectivity index (χ1) is 9.60. The van der Waals surface area contributed by atoms with Crippen molar-refractivity contribution in [3.63, 3.8) is 0 Å². The van der Waals surface area contributed by atoms with Crippen molar-refractivity contribution in [3.05, 3.63) is 59.0 Å². The van der Waals surface area contributed by atoms with Crippen LogP contribution in [-0.2, 0) is 6.54 Å². The van der Waals surface area contributed by atoms with Gasteiger partial charge in [0, 0.05) is 24.4 Å². The van der Waals surface area contributed by atoms with Crippen LogP contribution in [-0.4, -0.2) is 18.0 Å². The van der Waals surface area contributed by atoms with Crippen LogP contribution in [0.1, 0.15) is 21.5 Å². The number of carbonyl (C=O) groups is 1. The number of carbonyl (C=O) groups excluding carboxylic acids is 1. The van der Waals surface area contributed by atoms with Gasteiger partial charge in [-0.3, -0.25) is 4.79 Å². The molecule has 0 aliphatic rings. The zero-order chi connectivity index (χ0) is 14.5. The molecule has 1 amide bonds. The summed E-state index contributed by atoms with van der Waals surface area (Å²) in [7, 11) is 1.53. The maximum Gasteiger partial charge on any atom is 0.251 e. The number of hydrogen-bond donors (Lipinski definition) is 1. The molecule has 0 unspecified atom stereocenters. The molecule has 1 aromatic carbocycles. The van der Waals surface area contributed by atoms with E-state index in [2.05, 4.69) is 10.3 Å². The van der Waals surface area contributed by atoms with Crippen molar-refractivity contribution >= 4 is 5.91 Å². The maximum atomic E-state index is 13.4. The number of amides is 1. The normalized spacial score (nSPS) is 10.2. The van der Waals surface area contributed by atoms with Gasteiger partial charge < -0.3 is 10.1 Å². The summed E-state index contributed by atoms with van der Waals surface area (Å²) in [4.78, 5) is 15.9. The van der Waals surface area contributed by atoms with Gasteiger partial charge in [0.1, 0.15) is 5.82 Å². The smallest absolute Gasteiger partial charge is 0.251 e. The lowest BCUT2D eigenvalue weighted by Crippen LogP contribution is -2.23. The third-order valence-electron chi connectivity index (χ3n) is 2.90. The lowest BCUT2D eigenvalue weighted by Gasteiger charge is -2.07. The third kappa shape index (κ3) is 3.32. The molecule has 0 radical (unpaired) electrons. The zero-order valence-electron chi connectivity index (χ0n) is 11.3. The van der Waals surface area contributed by atoms with Gasteiger partial charge in [0.05, 0.1) is 7.11 Å². The van der Waals surface area contributed by atoms with Crippen LogP contribution in [0.15, 0.2) is 36.5 Å². The number of benzene rings is 1. The second kappa shape index (κ2) is 6.14. The SMILES string of the molecule is COc1cc(CNC(=O)c2ccc(C)c(F)c2)ccn1. The fourth-order valence-electron chi connectivity index (χ4n) is 1.69. The molecule has 2 rings (SSSR count). The monoisotopic (exact) mass is 274 g/mol. The Balaban J connectivity index is 2.02. The van der Waals surface area contributed by atoms with Crippen molar-refractivity contribution in [1.82, 2.24) is 10.3 Å². The summed E-state index contributed by atoms with van der Waals surface area (Å²) in [6.07, 6.45) is 1.60. The van der Waals surface area contributed by atoms with Crippen molar-refractivity contribution in [3.8, 4) is 5.88 Å². The van der Waals surface area contributed by atoms with Gasteiger partial charge in [0.25, 0.3) is 5.91 Å². The van der Waals surface area contributed by atoms with Gasteiger partial charge in [-0.05, 0) is 36.2 Å². The average molecular weight is 274 g/mol. The number of halogens is 1. The lowest BCUT2D eigenvalue weighted by molar-refractivity contribution is 0.0950. The fraction of sp³-hybridized carbons (Fsp3) is 0.200. The van der Waals surface area contributed by atoms with Crippen molar-refractivity contribution in [2.75, 3.05) is 7.11 Å². The Morgan fingerprint density at radius 3 is 2.85 bits per heavy atom. The molecule has 104 valence electrons. The highest BCUT2D eigenvalue weighted by atomic mass is 19.1. The highest BCUT2D eigenvalue weighted by Crippen LogP contribution is 2.11. The summed E-state index contributed by atoms with van der Waals surface area (Å²) >= 11 is 0. The van der Waals surface area contributed by atoms with Gasteiger partial charge in [-0.25, -0.2) is 9.37 Å². The zero-order valence-corrected chi connectivity index (χ0v) is 11.3. The van der Waals surface area contributed by atoms with Crippen LogP contribution < -0.4 is 10.1 Å². The van der Waals surface area contributed by atoms with E-state index in [4.69, 9.17) is 4.74 Å². The Morgan fingerprint density at radius 1 is 1.35 bits per heavy atom. The van der Waals surface area contributed by atoms with Crippen LogP contribution >= 0.6 is 0 Å². The van der Waals surface area contributed by atoms with Crippen molar-refractivity contribution in [2.24, 2.45) is 0 Å². The van der Waals surface area contributed by atoms with Crippen LogP contribution in [0, 0.1) is 12.7 Å². The van der Waals surface area contributed by atoms with E-state index in [0.29, 0.717) is 23.6 Å². The summed E-state index contributed by atoms with van der Waals surface area (Å²) in [6.45, 7) is 1.98. The fourth-order valence-corrected chi connectivity index (χ4v) is 1.69. The number of nitrogens with zero attached hydrogens (tertiary/aromatic N) is 1. The maximum absolute atomic E-state index is 13.4. The topological polar surface area (TPSA) is 51.2 Å². The summed E-state index contributed by atoms with van der Waals surface area (Å²) < 4.78 is 18.4. The van der Waals surface area contributed by atoms with E-state index < -0.39 is 0 Å². The molecule has 4 nitrogen and oxygen atoms in total. The van der Waals surface area contributed by atoms with Gasteiger partial charge in [-0.1, -0.05) is 6.07 Å². The molecule has 0 saturated carbocycles. The standard InChI is InChI=1S/C15H15FN2O2/c1-10-3-4-12(8-13(10)16)15(19)18-9-11-5-6-17-14(7-11)20-2/h3-8H,9H2,1-2H3,(H,18,19). The Bertz CT molecular complexity index is 629. The number of nitrogens with one attached hydrogen (secondary N) is 1. The van der Waals surface area contributed by atoms with Crippen LogP contribution in [0.5, 0.6) is 5.88 Å². The van der Waals surface area contributed by atoms with E-state index in [9.17, 15) is 9.18 Å². The van der Waals surface area contributed by atoms with Gasteiger partial charge in [-0.15, -0.1) is 0 Å². The van der Waals surface area contributed by atoms with Crippen molar-refractivity contribution in [2.45, 2.75) is 13.5 Å². The Kier molecular flexibility index (Phi) is 4.30. The Morgan fingerprint density at radius 2 is 2.15 bits per heavy atom. The molecule has 0 fully saturated rings. The molecule has 0 bridgehead atoms. The van der Waals surface area contributed by atoms with E-state index in [1.54, 1.807) is 37.4 Å². The summed E-state index contributed by atoms with van der Waals surface area (Å²) in [5.74, 6) is -0.221. The van der Waals surface area contributed by atoms with Crippen LogP contribution in [0.25, 0.3) is 0 Å². The number of ether oxygens (including phenoxy) is 1. The van der Waals surface area contributed by atoms with E-state index >= 15 is 0 Å². The molecule has 2 aromatic rings. The van der Waals surface area contributed by atoms with Gasteiger partial charge in [0.2, 0.25) is 5.88 Å². The third-order valence-corrected chi connectivity index (χ3v) is 2.90. The van der Waals surface area contributed by atoms with Gasteiger partial charge in [-0.2, -0.15) is 0 Å². The minimum absolute atomic E-state index is 0.300. The molecule has 20 heavy (non-hydrogen) atoms. The van der Waals surface area contributed by atoms with E-state index in [1.165, 1.54) is 13.2 Å². The first kappa shape index (κ1) is 14.0. The molecule has 0 spiro atoms. The second-order valence-corrected chi connectivity index (χ2v) is 4.35. The van der Waals surface area contributed by atoms with Crippen LogP contribution in [0.2, 0.25) is 0 Å². The molecule has 0 saturated heterocycles. The van der Waals surface area contributed by atoms with E-state index in [0.717, 1.165) is 5.56 Å². The Hall–Kier alpha value is -2.43. The molecule has 0 atom stereocenters. The first-order valence-corrected chi connectivity index (χ1v) is 6.13. The number of methoxy groups -OCH3 is 1. The number of rotatable bonds is 4. The quantitative estimate of drug-likeness (QED) is 0.931. The molecule has 1 aromatic heterocycles. The summed E-state index contributed by atoms with van der Waals surface area (Å²) in [5, 5.41) is 2.72. The van der Waals surface area contributed by atoms with E-state index in [-0.39, 0.29) is 11.7 Å². The Labute approximate surface area is 116 Å². The minimum atomic E-state index is -0.386. The lowest BCUT2D eigenvalue weighted by atomic mass is 10.1. The minimum Gasteiger partial charge on any atom is -0.481 e. The van der Waals surface area contributed by atoms with Gasteiger partial charge >= 0.3 is 0 Å². The highest BCUT2D eigenvalue weighted by Gasteiger charge is 2.08. The molecule has 1 heterocycles. The number of pyridine rings is 1. The molecule has 0 aliphatic carbocycles. The number of hydrogen-bond acceptors (Lipinski definition) is 3. The first-order valence-electron chi connectivity index (χ1n) is 6.13. The van der Waals surface area contributed by atoms with Gasteiger partial charge in [0.15, 0.2) is 0 Å². The number of aromatic nitrogens is 1. The summed E-state index contributed by atoms with van der Waals surface area (Å²) in [5.41, 5.74) is 1.67. The van der Waals surface area contributed by atoms with E-state index in [1.807, 2.05) is 0 Å². The molecule has 1 N–H and O–H groups in total. The molecule has 5 heteroatoms. The predicted molar refractivity (Wildman–Crippen MR) is 73.1 cm³/mol. The van der Waals surface area contributed by atoms with Crippen LogP contribution in [0.4, 0.5) is 4.39 Å². The second-order valence-electron chi connectivity index (χ2n) is 4.35.